The molecule has 0 aromatic carbocycles. The smallest absolute Gasteiger partial charge is 0.389 e. The molecule has 104 valence electrons. The van der Waals surface area contributed by atoms with Crippen molar-refractivity contribution in [2.75, 3.05) is 13.7 Å². The molecule has 18 heavy (non-hydrogen) atoms. The van der Waals surface area contributed by atoms with Gasteiger partial charge in [0.25, 0.3) is 0 Å². The molecule has 1 atom stereocenters. The molecule has 0 bridgehead atoms. The van der Waals surface area contributed by atoms with Gasteiger partial charge in [-0.3, -0.25) is 4.79 Å². The van der Waals surface area contributed by atoms with Gasteiger partial charge in [0.15, 0.2) is 0 Å². The van der Waals surface area contributed by atoms with Crippen LogP contribution in [0.4, 0.5) is 13.2 Å². The summed E-state index contributed by atoms with van der Waals surface area (Å²) in [6, 6.07) is -0.732. The zero-order chi connectivity index (χ0) is 13.8. The number of hydrogen-bond acceptors (Lipinski definition) is 3. The van der Waals surface area contributed by atoms with E-state index in [1.165, 1.54) is 12.0 Å². The van der Waals surface area contributed by atoms with Gasteiger partial charge in [0.2, 0.25) is 5.91 Å². The number of halogens is 3. The Hall–Kier alpha value is -1.27. The molecule has 1 saturated heterocycles. The first-order chi connectivity index (χ1) is 8.35. The fourth-order valence-corrected chi connectivity index (χ4v) is 2.00. The number of alkyl halides is 3. The van der Waals surface area contributed by atoms with Gasteiger partial charge in [-0.15, -0.1) is 0 Å². The number of ether oxygens (including phenoxy) is 1. The Morgan fingerprint density at radius 2 is 2.00 bits per heavy atom. The standard InChI is InChI=1S/C11H16F3NO3/c1-18-10(17)8-4-2-3-7-15(8)9(16)5-6-11(12,13)14/h8H,2-7H2,1H3/t8-/m1/s1. The summed E-state index contributed by atoms with van der Waals surface area (Å²) in [5.41, 5.74) is 0. The summed E-state index contributed by atoms with van der Waals surface area (Å²) < 4.78 is 40.7. The Morgan fingerprint density at radius 3 is 2.56 bits per heavy atom. The van der Waals surface area contributed by atoms with E-state index in [-0.39, 0.29) is 0 Å². The highest BCUT2D eigenvalue weighted by molar-refractivity contribution is 5.84. The molecule has 1 fully saturated rings. The van der Waals surface area contributed by atoms with Gasteiger partial charge in [0, 0.05) is 13.0 Å². The van der Waals surface area contributed by atoms with E-state index in [1.807, 2.05) is 0 Å². The average Bonchev–Trinajstić information content (AvgIpc) is 2.34. The number of nitrogens with zero attached hydrogens (tertiary/aromatic N) is 1. The maximum absolute atomic E-state index is 12.0. The summed E-state index contributed by atoms with van der Waals surface area (Å²) in [6.07, 6.45) is -4.21. The van der Waals surface area contributed by atoms with Crippen LogP contribution in [0.15, 0.2) is 0 Å². The molecule has 0 aromatic rings. The minimum Gasteiger partial charge on any atom is -0.467 e. The van der Waals surface area contributed by atoms with Gasteiger partial charge in [0.1, 0.15) is 6.04 Å². The highest BCUT2D eigenvalue weighted by Gasteiger charge is 2.35. The van der Waals surface area contributed by atoms with Gasteiger partial charge >= 0.3 is 12.1 Å². The van der Waals surface area contributed by atoms with Crippen molar-refractivity contribution in [2.24, 2.45) is 0 Å². The third-order valence-electron chi connectivity index (χ3n) is 2.92. The second kappa shape index (κ2) is 6.06. The van der Waals surface area contributed by atoms with Crippen LogP contribution in [0.5, 0.6) is 0 Å². The zero-order valence-corrected chi connectivity index (χ0v) is 10.1. The van der Waals surface area contributed by atoms with Gasteiger partial charge < -0.3 is 9.64 Å². The molecule has 1 amide bonds. The largest absolute Gasteiger partial charge is 0.467 e. The van der Waals surface area contributed by atoms with Crippen LogP contribution in [0.2, 0.25) is 0 Å². The van der Waals surface area contributed by atoms with E-state index in [0.717, 1.165) is 6.42 Å². The highest BCUT2D eigenvalue weighted by atomic mass is 19.4. The number of carbonyl (C=O) groups is 2. The molecule has 0 unspecified atom stereocenters. The number of carbonyl (C=O) groups excluding carboxylic acids is 2. The van der Waals surface area contributed by atoms with Crippen molar-refractivity contribution in [3.8, 4) is 0 Å². The summed E-state index contributed by atoms with van der Waals surface area (Å²) >= 11 is 0. The number of piperidine rings is 1. The van der Waals surface area contributed by atoms with Crippen LogP contribution in [-0.4, -0.2) is 42.6 Å². The number of likely N-dealkylation sites (tertiary alicyclic amines) is 1. The lowest BCUT2D eigenvalue weighted by atomic mass is 10.0. The van der Waals surface area contributed by atoms with Gasteiger partial charge in [-0.25, -0.2) is 4.79 Å². The molecule has 0 saturated carbocycles. The third kappa shape index (κ3) is 4.19. The monoisotopic (exact) mass is 267 g/mol. The first-order valence-corrected chi connectivity index (χ1v) is 5.79. The Labute approximate surface area is 103 Å². The molecular weight excluding hydrogens is 251 g/mol. The molecule has 0 aliphatic carbocycles. The quantitative estimate of drug-likeness (QED) is 0.733. The number of methoxy groups -OCH3 is 1. The summed E-state index contributed by atoms with van der Waals surface area (Å²) in [4.78, 5) is 24.3. The van der Waals surface area contributed by atoms with Crippen LogP contribution < -0.4 is 0 Å². The fourth-order valence-electron chi connectivity index (χ4n) is 2.00. The molecule has 1 rings (SSSR count). The molecule has 0 N–H and O–H groups in total. The maximum atomic E-state index is 12.0. The van der Waals surface area contributed by atoms with Crippen LogP contribution in [0.3, 0.4) is 0 Å². The topological polar surface area (TPSA) is 46.6 Å². The van der Waals surface area contributed by atoms with Crippen molar-refractivity contribution in [3.05, 3.63) is 0 Å². The van der Waals surface area contributed by atoms with E-state index >= 15 is 0 Å². The average molecular weight is 267 g/mol. The molecule has 4 nitrogen and oxygen atoms in total. The van der Waals surface area contributed by atoms with E-state index in [0.29, 0.717) is 19.4 Å². The van der Waals surface area contributed by atoms with Crippen LogP contribution in [-0.2, 0) is 14.3 Å². The highest BCUT2D eigenvalue weighted by Crippen LogP contribution is 2.24. The first kappa shape index (κ1) is 14.8. The minimum atomic E-state index is -4.35. The van der Waals surface area contributed by atoms with E-state index in [2.05, 4.69) is 4.74 Å². The zero-order valence-electron chi connectivity index (χ0n) is 10.1. The Balaban J connectivity index is 2.60. The summed E-state index contributed by atoms with van der Waals surface area (Å²) in [5.74, 6) is -1.20. The lowest BCUT2D eigenvalue weighted by Crippen LogP contribution is -2.48. The van der Waals surface area contributed by atoms with E-state index in [4.69, 9.17) is 0 Å². The molecular formula is C11H16F3NO3. The van der Waals surface area contributed by atoms with Crippen molar-refractivity contribution < 1.29 is 27.5 Å². The van der Waals surface area contributed by atoms with Gasteiger partial charge in [-0.05, 0) is 19.3 Å². The minimum absolute atomic E-state index is 0.316. The molecule has 1 heterocycles. The lowest BCUT2D eigenvalue weighted by molar-refractivity contribution is -0.159. The van der Waals surface area contributed by atoms with Crippen LogP contribution >= 0.6 is 0 Å². The van der Waals surface area contributed by atoms with Crippen LogP contribution in [0, 0.1) is 0 Å². The van der Waals surface area contributed by atoms with Crippen molar-refractivity contribution in [3.63, 3.8) is 0 Å². The first-order valence-electron chi connectivity index (χ1n) is 5.79. The number of esters is 1. The van der Waals surface area contributed by atoms with E-state index in [1.54, 1.807) is 0 Å². The molecule has 0 spiro atoms. The number of hydrogen-bond donors (Lipinski definition) is 0. The Morgan fingerprint density at radius 1 is 1.33 bits per heavy atom. The van der Waals surface area contributed by atoms with Crippen molar-refractivity contribution >= 4 is 11.9 Å². The fraction of sp³-hybridized carbons (Fsp3) is 0.818. The van der Waals surface area contributed by atoms with Crippen molar-refractivity contribution in [1.82, 2.24) is 4.90 Å². The Kier molecular flexibility index (Phi) is 4.98. The second-order valence-corrected chi connectivity index (χ2v) is 4.24. The molecule has 1 aliphatic heterocycles. The molecule has 0 aromatic heterocycles. The summed E-state index contributed by atoms with van der Waals surface area (Å²) in [6.45, 7) is 0.316. The van der Waals surface area contributed by atoms with Gasteiger partial charge in [-0.2, -0.15) is 13.2 Å². The maximum Gasteiger partial charge on any atom is 0.389 e. The van der Waals surface area contributed by atoms with Gasteiger partial charge in [0.05, 0.1) is 13.5 Å². The lowest BCUT2D eigenvalue weighted by Gasteiger charge is -2.33. The SMILES string of the molecule is COC(=O)[C@H]1CCCCN1C(=O)CCC(F)(F)F. The molecule has 0 radical (unpaired) electrons. The summed E-state index contributed by atoms with van der Waals surface area (Å²) in [7, 11) is 1.20. The normalized spacial score (nSPS) is 20.7. The second-order valence-electron chi connectivity index (χ2n) is 4.24. The van der Waals surface area contributed by atoms with Crippen LogP contribution in [0.25, 0.3) is 0 Å². The summed E-state index contributed by atoms with van der Waals surface area (Å²) in [5, 5.41) is 0. The van der Waals surface area contributed by atoms with Crippen molar-refractivity contribution in [1.29, 1.82) is 0 Å². The Bertz CT molecular complexity index is 317. The van der Waals surface area contributed by atoms with E-state index < -0.39 is 36.9 Å². The van der Waals surface area contributed by atoms with Gasteiger partial charge in [-0.1, -0.05) is 0 Å². The third-order valence-corrected chi connectivity index (χ3v) is 2.92. The van der Waals surface area contributed by atoms with Crippen LogP contribution in [0.1, 0.15) is 32.1 Å². The predicted molar refractivity (Wildman–Crippen MR) is 56.7 cm³/mol. The van der Waals surface area contributed by atoms with E-state index in [9.17, 15) is 22.8 Å². The number of rotatable bonds is 3. The number of amides is 1. The molecule has 1 aliphatic rings. The van der Waals surface area contributed by atoms with Crippen molar-refractivity contribution in [2.45, 2.75) is 44.3 Å². The predicted octanol–water partition coefficient (Wildman–Crippen LogP) is 1.88. The molecule has 7 heteroatoms.